The van der Waals surface area contributed by atoms with Crippen LogP contribution in [0.15, 0.2) is 36.5 Å². The van der Waals surface area contributed by atoms with E-state index in [4.69, 9.17) is 11.6 Å². The summed E-state index contributed by atoms with van der Waals surface area (Å²) in [6.07, 6.45) is -3.34. The molecule has 0 saturated heterocycles. The molecule has 1 aromatic heterocycles. The highest BCUT2D eigenvalue weighted by Gasteiger charge is 2.33. The minimum absolute atomic E-state index is 0.0594. The van der Waals surface area contributed by atoms with Crippen molar-refractivity contribution >= 4 is 17.6 Å². The lowest BCUT2D eigenvalue weighted by atomic mass is 10.0. The SMILES string of the molecule is COC(=O)c1ncc(-c2ccccc2C(F)(F)F)cc1Cl. The first-order chi connectivity index (χ1) is 9.84. The molecule has 0 spiro atoms. The van der Waals surface area contributed by atoms with Gasteiger partial charge in [0, 0.05) is 11.8 Å². The predicted molar refractivity (Wildman–Crippen MR) is 71.0 cm³/mol. The van der Waals surface area contributed by atoms with Crippen molar-refractivity contribution in [2.45, 2.75) is 6.18 Å². The largest absolute Gasteiger partial charge is 0.464 e. The van der Waals surface area contributed by atoms with E-state index >= 15 is 0 Å². The average Bonchev–Trinajstić information content (AvgIpc) is 2.45. The lowest BCUT2D eigenvalue weighted by Gasteiger charge is -2.13. The summed E-state index contributed by atoms with van der Waals surface area (Å²) in [4.78, 5) is 15.1. The number of pyridine rings is 1. The van der Waals surface area contributed by atoms with Gasteiger partial charge >= 0.3 is 12.1 Å². The van der Waals surface area contributed by atoms with Crippen molar-refractivity contribution in [3.8, 4) is 11.1 Å². The smallest absolute Gasteiger partial charge is 0.417 e. The van der Waals surface area contributed by atoms with Gasteiger partial charge in [0.2, 0.25) is 0 Å². The highest BCUT2D eigenvalue weighted by molar-refractivity contribution is 6.33. The number of alkyl halides is 3. The van der Waals surface area contributed by atoms with Crippen LogP contribution in [0.1, 0.15) is 16.1 Å². The van der Waals surface area contributed by atoms with Gasteiger partial charge in [-0.2, -0.15) is 13.2 Å². The van der Waals surface area contributed by atoms with E-state index in [0.29, 0.717) is 0 Å². The van der Waals surface area contributed by atoms with E-state index in [1.165, 1.54) is 24.3 Å². The summed E-state index contributed by atoms with van der Waals surface area (Å²) in [5.41, 5.74) is -0.836. The molecule has 0 atom stereocenters. The van der Waals surface area contributed by atoms with Crippen LogP contribution in [0.3, 0.4) is 0 Å². The fourth-order valence-corrected chi connectivity index (χ4v) is 2.06. The van der Waals surface area contributed by atoms with E-state index in [-0.39, 0.29) is 21.8 Å². The minimum Gasteiger partial charge on any atom is -0.464 e. The van der Waals surface area contributed by atoms with E-state index in [2.05, 4.69) is 9.72 Å². The van der Waals surface area contributed by atoms with Gasteiger partial charge in [-0.1, -0.05) is 29.8 Å². The van der Waals surface area contributed by atoms with Gasteiger partial charge in [-0.05, 0) is 17.7 Å². The number of halogens is 4. The second-order valence-electron chi connectivity index (χ2n) is 4.09. The molecule has 0 N–H and O–H groups in total. The summed E-state index contributed by atoms with van der Waals surface area (Å²) in [6, 6.07) is 6.31. The Labute approximate surface area is 123 Å². The Morgan fingerprint density at radius 1 is 1.29 bits per heavy atom. The maximum Gasteiger partial charge on any atom is 0.417 e. The average molecular weight is 316 g/mol. The molecule has 0 unspecified atom stereocenters. The van der Waals surface area contributed by atoms with Crippen LogP contribution in [-0.4, -0.2) is 18.1 Å². The number of ether oxygens (including phenoxy) is 1. The van der Waals surface area contributed by atoms with E-state index < -0.39 is 17.7 Å². The minimum atomic E-state index is -4.50. The number of hydrogen-bond acceptors (Lipinski definition) is 3. The third kappa shape index (κ3) is 3.16. The lowest BCUT2D eigenvalue weighted by Crippen LogP contribution is -2.08. The molecular formula is C14H9ClF3NO2. The molecule has 110 valence electrons. The van der Waals surface area contributed by atoms with E-state index in [9.17, 15) is 18.0 Å². The normalized spacial score (nSPS) is 11.3. The van der Waals surface area contributed by atoms with Crippen molar-refractivity contribution < 1.29 is 22.7 Å². The molecule has 3 nitrogen and oxygen atoms in total. The summed E-state index contributed by atoms with van der Waals surface area (Å²) in [7, 11) is 1.16. The Balaban J connectivity index is 2.54. The van der Waals surface area contributed by atoms with Crippen molar-refractivity contribution in [1.29, 1.82) is 0 Å². The Morgan fingerprint density at radius 3 is 2.52 bits per heavy atom. The summed E-state index contributed by atoms with van der Waals surface area (Å²) in [5.74, 6) is -0.754. The topological polar surface area (TPSA) is 39.2 Å². The fourth-order valence-electron chi connectivity index (χ4n) is 1.81. The van der Waals surface area contributed by atoms with Crippen LogP contribution in [0.5, 0.6) is 0 Å². The van der Waals surface area contributed by atoms with Crippen molar-refractivity contribution in [2.75, 3.05) is 7.11 Å². The molecule has 0 aliphatic heterocycles. The lowest BCUT2D eigenvalue weighted by molar-refractivity contribution is -0.137. The number of methoxy groups -OCH3 is 1. The fraction of sp³-hybridized carbons (Fsp3) is 0.143. The molecule has 2 aromatic rings. The van der Waals surface area contributed by atoms with Crippen LogP contribution in [-0.2, 0) is 10.9 Å². The van der Waals surface area contributed by atoms with Crippen LogP contribution in [0, 0.1) is 0 Å². The van der Waals surface area contributed by atoms with E-state index in [0.717, 1.165) is 19.4 Å². The Hall–Kier alpha value is -2.08. The zero-order valence-corrected chi connectivity index (χ0v) is 11.5. The summed E-state index contributed by atoms with van der Waals surface area (Å²) in [5, 5.41) is -0.0728. The first-order valence-corrected chi connectivity index (χ1v) is 6.13. The van der Waals surface area contributed by atoms with Gasteiger partial charge in [-0.15, -0.1) is 0 Å². The van der Waals surface area contributed by atoms with Gasteiger partial charge < -0.3 is 4.74 Å². The van der Waals surface area contributed by atoms with Crippen LogP contribution >= 0.6 is 11.6 Å². The third-order valence-electron chi connectivity index (χ3n) is 2.76. The van der Waals surface area contributed by atoms with Crippen molar-refractivity contribution in [3.05, 3.63) is 52.8 Å². The first kappa shape index (κ1) is 15.3. The third-order valence-corrected chi connectivity index (χ3v) is 3.05. The molecule has 2 rings (SSSR count). The van der Waals surface area contributed by atoms with Crippen LogP contribution in [0.25, 0.3) is 11.1 Å². The molecule has 0 aliphatic rings. The van der Waals surface area contributed by atoms with Gasteiger partial charge in [0.1, 0.15) is 0 Å². The molecule has 21 heavy (non-hydrogen) atoms. The van der Waals surface area contributed by atoms with Crippen LogP contribution in [0.4, 0.5) is 13.2 Å². The molecule has 0 bridgehead atoms. The number of carbonyl (C=O) groups excluding carboxylic acids is 1. The first-order valence-electron chi connectivity index (χ1n) is 5.75. The maximum absolute atomic E-state index is 13.0. The quantitative estimate of drug-likeness (QED) is 0.779. The molecule has 1 heterocycles. The summed E-state index contributed by atoms with van der Waals surface area (Å²) < 4.78 is 43.4. The molecule has 0 amide bonds. The predicted octanol–water partition coefficient (Wildman–Crippen LogP) is 4.21. The van der Waals surface area contributed by atoms with Crippen molar-refractivity contribution in [3.63, 3.8) is 0 Å². The molecular weight excluding hydrogens is 307 g/mol. The van der Waals surface area contributed by atoms with E-state index in [1.807, 2.05) is 0 Å². The zero-order valence-electron chi connectivity index (χ0n) is 10.7. The monoisotopic (exact) mass is 315 g/mol. The van der Waals surface area contributed by atoms with Gasteiger partial charge in [-0.25, -0.2) is 9.78 Å². The molecule has 1 aromatic carbocycles. The molecule has 0 saturated carbocycles. The van der Waals surface area contributed by atoms with Gasteiger partial charge in [0.25, 0.3) is 0 Å². The maximum atomic E-state index is 13.0. The number of nitrogens with zero attached hydrogens (tertiary/aromatic N) is 1. The number of esters is 1. The van der Waals surface area contributed by atoms with Crippen LogP contribution < -0.4 is 0 Å². The summed E-state index contributed by atoms with van der Waals surface area (Å²) >= 11 is 5.87. The number of benzene rings is 1. The summed E-state index contributed by atoms with van der Waals surface area (Å²) in [6.45, 7) is 0. The van der Waals surface area contributed by atoms with Crippen molar-refractivity contribution in [1.82, 2.24) is 4.98 Å². The molecule has 0 aliphatic carbocycles. The highest BCUT2D eigenvalue weighted by atomic mass is 35.5. The second kappa shape index (κ2) is 5.73. The number of hydrogen-bond donors (Lipinski definition) is 0. The van der Waals surface area contributed by atoms with Gasteiger partial charge in [-0.3, -0.25) is 0 Å². The standard InChI is InChI=1S/C14H9ClF3NO2/c1-21-13(20)12-11(15)6-8(7-19-12)9-4-2-3-5-10(9)14(16,17)18/h2-7H,1H3. The molecule has 0 fully saturated rings. The van der Waals surface area contributed by atoms with Crippen molar-refractivity contribution in [2.24, 2.45) is 0 Å². The highest BCUT2D eigenvalue weighted by Crippen LogP contribution is 2.37. The van der Waals surface area contributed by atoms with Gasteiger partial charge in [0.15, 0.2) is 5.69 Å². The number of rotatable bonds is 2. The van der Waals surface area contributed by atoms with Gasteiger partial charge in [0.05, 0.1) is 17.7 Å². The molecule has 0 radical (unpaired) electrons. The van der Waals surface area contributed by atoms with Crippen LogP contribution in [0.2, 0.25) is 5.02 Å². The zero-order chi connectivity index (χ0) is 15.6. The Morgan fingerprint density at radius 2 is 1.95 bits per heavy atom. The van der Waals surface area contributed by atoms with E-state index in [1.54, 1.807) is 0 Å². The Bertz CT molecular complexity index is 686. The number of carbonyl (C=O) groups is 1. The molecule has 7 heteroatoms. The number of aromatic nitrogens is 1. The second-order valence-corrected chi connectivity index (χ2v) is 4.50. The Kier molecular flexibility index (Phi) is 4.18.